The molecule has 0 saturated heterocycles. The van der Waals surface area contributed by atoms with Gasteiger partial charge in [0.2, 0.25) is 0 Å². The molecule has 0 aromatic heterocycles. The highest BCUT2D eigenvalue weighted by molar-refractivity contribution is 5.25. The molecule has 34 heavy (non-hydrogen) atoms. The molecule has 0 aliphatic rings. The van der Waals surface area contributed by atoms with Crippen molar-refractivity contribution in [2.24, 2.45) is 0 Å². The van der Waals surface area contributed by atoms with Gasteiger partial charge in [0.05, 0.1) is 6.10 Å². The molecule has 0 heterocycles. The van der Waals surface area contributed by atoms with Crippen molar-refractivity contribution in [3.8, 4) is 0 Å². The molecule has 2 aromatic rings. The van der Waals surface area contributed by atoms with Gasteiger partial charge in [-0.2, -0.15) is 0 Å². The Labute approximate surface area is 208 Å². The molecule has 3 heteroatoms. The molecule has 0 amide bonds. The van der Waals surface area contributed by atoms with Crippen LogP contribution in [0.1, 0.15) is 102 Å². The van der Waals surface area contributed by atoms with E-state index in [2.05, 4.69) is 74.5 Å². The van der Waals surface area contributed by atoms with Gasteiger partial charge in [-0.05, 0) is 73.3 Å². The van der Waals surface area contributed by atoms with Crippen molar-refractivity contribution in [2.45, 2.75) is 108 Å². The van der Waals surface area contributed by atoms with Gasteiger partial charge < -0.3 is 15.3 Å². The van der Waals surface area contributed by atoms with Crippen molar-refractivity contribution in [3.63, 3.8) is 0 Å². The fourth-order valence-corrected chi connectivity index (χ4v) is 5.38. The summed E-state index contributed by atoms with van der Waals surface area (Å²) in [5, 5.41) is 29.2. The van der Waals surface area contributed by atoms with Crippen LogP contribution in [0.3, 0.4) is 0 Å². The third-order valence-corrected chi connectivity index (χ3v) is 7.75. The van der Waals surface area contributed by atoms with Crippen LogP contribution in [0.2, 0.25) is 0 Å². The van der Waals surface area contributed by atoms with E-state index in [-0.39, 0.29) is 30.1 Å². The van der Waals surface area contributed by atoms with Gasteiger partial charge in [0, 0.05) is 13.2 Å². The zero-order valence-corrected chi connectivity index (χ0v) is 21.6. The Balaban J connectivity index is 1.73. The van der Waals surface area contributed by atoms with Crippen molar-refractivity contribution in [1.29, 1.82) is 0 Å². The zero-order valence-electron chi connectivity index (χ0n) is 21.6. The molecular weight excluding hydrogens is 420 g/mol. The van der Waals surface area contributed by atoms with E-state index in [9.17, 15) is 15.3 Å². The van der Waals surface area contributed by atoms with Crippen LogP contribution >= 0.6 is 0 Å². The summed E-state index contributed by atoms with van der Waals surface area (Å²) >= 11 is 0. The quantitative estimate of drug-likeness (QED) is 0.208. The fourth-order valence-electron chi connectivity index (χ4n) is 5.38. The van der Waals surface area contributed by atoms with E-state index < -0.39 is 0 Å². The Morgan fingerprint density at radius 3 is 1.26 bits per heavy atom. The molecule has 2 unspecified atom stereocenters. The van der Waals surface area contributed by atoms with E-state index in [1.165, 1.54) is 11.1 Å². The van der Waals surface area contributed by atoms with Crippen LogP contribution in [0.25, 0.3) is 0 Å². The lowest BCUT2D eigenvalue weighted by molar-refractivity contribution is 0.144. The number of rotatable bonds is 18. The van der Waals surface area contributed by atoms with Crippen molar-refractivity contribution in [1.82, 2.24) is 0 Å². The molecule has 0 saturated carbocycles. The number of aliphatic hydroxyl groups excluding tert-OH is 3. The summed E-state index contributed by atoms with van der Waals surface area (Å²) in [5.74, 6) is 0. The second-order valence-corrected chi connectivity index (χ2v) is 10.7. The summed E-state index contributed by atoms with van der Waals surface area (Å²) in [6, 6.07) is 21.3. The van der Waals surface area contributed by atoms with Gasteiger partial charge in [0.1, 0.15) is 0 Å². The van der Waals surface area contributed by atoms with Crippen LogP contribution in [-0.4, -0.2) is 34.6 Å². The van der Waals surface area contributed by atoms with E-state index in [4.69, 9.17) is 0 Å². The summed E-state index contributed by atoms with van der Waals surface area (Å²) in [6.07, 6.45) is 11.6. The van der Waals surface area contributed by atoms with Gasteiger partial charge in [-0.1, -0.05) is 100 Å². The molecule has 0 fully saturated rings. The molecule has 0 bridgehead atoms. The standard InChI is InChI=1S/C31H48O3/c1-30(23-13-25-32,27-15-5-3-6-16-27)21-11-9-19-29(34)20-10-12-22-31(2,24-14-26-33)28-17-7-4-8-18-28/h3-8,15-18,29,32-34H,9-14,19-26H2,1-2H3. The predicted molar refractivity (Wildman–Crippen MR) is 143 cm³/mol. The van der Waals surface area contributed by atoms with E-state index >= 15 is 0 Å². The number of aliphatic hydroxyl groups is 3. The highest BCUT2D eigenvalue weighted by atomic mass is 16.3. The molecule has 3 N–H and O–H groups in total. The summed E-state index contributed by atoms with van der Waals surface area (Å²) < 4.78 is 0. The Morgan fingerprint density at radius 1 is 0.559 bits per heavy atom. The third kappa shape index (κ3) is 9.52. The predicted octanol–water partition coefficient (Wildman–Crippen LogP) is 6.93. The maximum Gasteiger partial charge on any atom is 0.0540 e. The lowest BCUT2D eigenvalue weighted by atomic mass is 9.74. The summed E-state index contributed by atoms with van der Waals surface area (Å²) in [7, 11) is 0. The van der Waals surface area contributed by atoms with Crippen LogP contribution in [0.15, 0.2) is 60.7 Å². The zero-order chi connectivity index (χ0) is 24.7. The van der Waals surface area contributed by atoms with Crippen LogP contribution in [0.4, 0.5) is 0 Å². The largest absolute Gasteiger partial charge is 0.396 e. The molecular formula is C31H48O3. The molecule has 2 atom stereocenters. The first kappa shape index (κ1) is 28.6. The highest BCUT2D eigenvalue weighted by Crippen LogP contribution is 2.36. The fraction of sp³-hybridized carbons (Fsp3) is 0.613. The number of hydrogen-bond acceptors (Lipinski definition) is 3. The minimum Gasteiger partial charge on any atom is -0.396 e. The average Bonchev–Trinajstić information content (AvgIpc) is 2.88. The van der Waals surface area contributed by atoms with Gasteiger partial charge in [-0.25, -0.2) is 0 Å². The number of hydrogen-bond donors (Lipinski definition) is 3. The van der Waals surface area contributed by atoms with Crippen LogP contribution < -0.4 is 0 Å². The molecule has 190 valence electrons. The lowest BCUT2D eigenvalue weighted by Crippen LogP contribution is -2.23. The monoisotopic (exact) mass is 468 g/mol. The number of unbranched alkanes of at least 4 members (excludes halogenated alkanes) is 2. The minimum atomic E-state index is -0.221. The Hall–Kier alpha value is -1.68. The van der Waals surface area contributed by atoms with Crippen molar-refractivity contribution in [2.75, 3.05) is 13.2 Å². The van der Waals surface area contributed by atoms with Crippen LogP contribution in [0, 0.1) is 0 Å². The molecule has 2 rings (SSSR count). The molecule has 0 aliphatic carbocycles. The Bertz CT molecular complexity index is 697. The maximum absolute atomic E-state index is 10.6. The van der Waals surface area contributed by atoms with E-state index in [0.717, 1.165) is 77.0 Å². The number of benzene rings is 2. The van der Waals surface area contributed by atoms with Gasteiger partial charge in [-0.15, -0.1) is 0 Å². The van der Waals surface area contributed by atoms with Crippen molar-refractivity contribution < 1.29 is 15.3 Å². The first-order valence-corrected chi connectivity index (χ1v) is 13.4. The lowest BCUT2D eigenvalue weighted by Gasteiger charge is -2.31. The molecule has 0 spiro atoms. The van der Waals surface area contributed by atoms with Gasteiger partial charge in [-0.3, -0.25) is 0 Å². The van der Waals surface area contributed by atoms with Crippen molar-refractivity contribution in [3.05, 3.63) is 71.8 Å². The third-order valence-electron chi connectivity index (χ3n) is 7.75. The van der Waals surface area contributed by atoms with Crippen LogP contribution in [-0.2, 0) is 10.8 Å². The SMILES string of the molecule is CC(CCCO)(CCCCC(O)CCCCC(C)(CCCO)c1ccccc1)c1ccccc1. The molecule has 0 aliphatic heterocycles. The summed E-state index contributed by atoms with van der Waals surface area (Å²) in [5.41, 5.74) is 2.88. The Kier molecular flexibility index (Phi) is 12.9. The van der Waals surface area contributed by atoms with E-state index in [1.807, 2.05) is 0 Å². The smallest absolute Gasteiger partial charge is 0.0540 e. The first-order valence-electron chi connectivity index (χ1n) is 13.4. The minimum absolute atomic E-state index is 0.0887. The summed E-state index contributed by atoms with van der Waals surface area (Å²) in [4.78, 5) is 0. The van der Waals surface area contributed by atoms with Crippen LogP contribution in [0.5, 0.6) is 0 Å². The molecule has 0 radical (unpaired) electrons. The maximum atomic E-state index is 10.6. The van der Waals surface area contributed by atoms with E-state index in [1.54, 1.807) is 0 Å². The van der Waals surface area contributed by atoms with Gasteiger partial charge in [0.15, 0.2) is 0 Å². The normalized spacial score (nSPS) is 16.0. The van der Waals surface area contributed by atoms with E-state index in [0.29, 0.717) is 0 Å². The Morgan fingerprint density at radius 2 is 0.912 bits per heavy atom. The first-order chi connectivity index (χ1) is 16.4. The van der Waals surface area contributed by atoms with Crippen molar-refractivity contribution >= 4 is 0 Å². The topological polar surface area (TPSA) is 60.7 Å². The second-order valence-electron chi connectivity index (χ2n) is 10.7. The van der Waals surface area contributed by atoms with Gasteiger partial charge >= 0.3 is 0 Å². The second kappa shape index (κ2) is 15.3. The van der Waals surface area contributed by atoms with Gasteiger partial charge in [0.25, 0.3) is 0 Å². The average molecular weight is 469 g/mol. The molecule has 3 nitrogen and oxygen atoms in total. The summed E-state index contributed by atoms with van der Waals surface area (Å²) in [6.45, 7) is 5.11. The molecule has 2 aromatic carbocycles. The highest BCUT2D eigenvalue weighted by Gasteiger charge is 2.26.